The van der Waals surface area contributed by atoms with Gasteiger partial charge in [0.25, 0.3) is 0 Å². The van der Waals surface area contributed by atoms with E-state index in [1.165, 1.54) is 0 Å². The normalized spacial score (nSPS) is 11.6. The van der Waals surface area contributed by atoms with Crippen molar-refractivity contribution in [3.63, 3.8) is 0 Å². The predicted molar refractivity (Wildman–Crippen MR) is 501 cm³/mol. The molecule has 0 saturated heterocycles. The summed E-state index contributed by atoms with van der Waals surface area (Å²) >= 11 is 0. The minimum Gasteiger partial charge on any atom is -0.454 e. The SMILES string of the molecule is c1ccc(-c2cc(-c3ccccc3)nc(-c3ccc(-c4ccc(-c5nc6ccccc6c6c5oc5ccccc56)cc4)cc3)n2)cc1.c1ccc(-c2nc(-c3ccc(-c4nc5ccccc5c5c4oc4ccccc45)cc3)c3ccccc3n2)cc1.c1cnc2c(c1)ccc1ccc(-c3ccc(-c4nc5ccccc5c5c4oc4ccccc45)cc3)nc12. The lowest BCUT2D eigenvalue weighted by molar-refractivity contribution is 0.668. The van der Waals surface area contributed by atoms with Crippen molar-refractivity contribution in [1.82, 2.24) is 44.9 Å². The van der Waals surface area contributed by atoms with Crippen LogP contribution in [0.25, 0.3) is 244 Å². The highest BCUT2D eigenvalue weighted by Gasteiger charge is 2.23. The molecule has 0 bridgehead atoms. The Bertz CT molecular complexity index is 8350. The second kappa shape index (κ2) is 30.3. The highest BCUT2D eigenvalue weighted by molar-refractivity contribution is 6.23. The first-order valence-corrected chi connectivity index (χ1v) is 40.9. The fraction of sp³-hybridized carbons (Fsp3) is 0. The van der Waals surface area contributed by atoms with Crippen LogP contribution in [0.4, 0.5) is 0 Å². The first-order chi connectivity index (χ1) is 60.9. The zero-order chi connectivity index (χ0) is 81.3. The number of aromatic nitrogens is 9. The molecular formula is C111H67N9O3. The summed E-state index contributed by atoms with van der Waals surface area (Å²) in [5.74, 6) is 1.41. The van der Waals surface area contributed by atoms with Crippen molar-refractivity contribution in [1.29, 1.82) is 0 Å². The van der Waals surface area contributed by atoms with Crippen molar-refractivity contribution in [2.45, 2.75) is 0 Å². The molecule has 0 unspecified atom stereocenters. The molecule has 0 amide bonds. The Balaban J connectivity index is 0.000000108. The van der Waals surface area contributed by atoms with Gasteiger partial charge in [-0.25, -0.2) is 39.9 Å². The number of rotatable bonds is 10. The Morgan fingerprint density at radius 2 is 0.496 bits per heavy atom. The first kappa shape index (κ1) is 71.5. The average molecular weight is 1570 g/mol. The molecule has 0 saturated carbocycles. The molecule has 574 valence electrons. The van der Waals surface area contributed by atoms with Crippen molar-refractivity contribution in [2.24, 2.45) is 0 Å². The van der Waals surface area contributed by atoms with Crippen LogP contribution < -0.4 is 0 Å². The zero-order valence-electron chi connectivity index (χ0n) is 65.9. The molecule has 0 N–H and O–H groups in total. The van der Waals surface area contributed by atoms with Gasteiger partial charge in [0, 0.05) is 121 Å². The molecule has 123 heavy (non-hydrogen) atoms. The van der Waals surface area contributed by atoms with Crippen molar-refractivity contribution in [3.05, 3.63) is 407 Å². The minimum atomic E-state index is 0.698. The van der Waals surface area contributed by atoms with Gasteiger partial charge in [0.2, 0.25) is 0 Å². The maximum Gasteiger partial charge on any atom is 0.162 e. The van der Waals surface area contributed by atoms with Crippen molar-refractivity contribution in [3.8, 4) is 113 Å². The van der Waals surface area contributed by atoms with Gasteiger partial charge in [0.15, 0.2) is 28.4 Å². The third-order valence-electron chi connectivity index (χ3n) is 23.1. The molecule has 0 fully saturated rings. The van der Waals surface area contributed by atoms with Crippen LogP contribution in [0.3, 0.4) is 0 Å². The topological polar surface area (TPSA) is 155 Å². The summed E-state index contributed by atoms with van der Waals surface area (Å²) in [6.07, 6.45) is 1.82. The van der Waals surface area contributed by atoms with Crippen LogP contribution >= 0.6 is 0 Å². The summed E-state index contributed by atoms with van der Waals surface area (Å²) in [5.41, 5.74) is 28.2. The summed E-state index contributed by atoms with van der Waals surface area (Å²) in [4.78, 5) is 44.6. The second-order valence-electron chi connectivity index (χ2n) is 30.5. The fourth-order valence-electron chi connectivity index (χ4n) is 17.1. The lowest BCUT2D eigenvalue weighted by Crippen LogP contribution is -1.95. The summed E-state index contributed by atoms with van der Waals surface area (Å²) in [6, 6.07) is 137. The van der Waals surface area contributed by atoms with Crippen LogP contribution in [0.1, 0.15) is 0 Å². The van der Waals surface area contributed by atoms with E-state index < -0.39 is 0 Å². The van der Waals surface area contributed by atoms with Crippen LogP contribution in [0.15, 0.2) is 420 Å². The molecular weight excluding hydrogens is 1510 g/mol. The summed E-state index contributed by atoms with van der Waals surface area (Å²) < 4.78 is 19.2. The van der Waals surface area contributed by atoms with Gasteiger partial charge in [-0.15, -0.1) is 0 Å². The van der Waals surface area contributed by atoms with Gasteiger partial charge in [-0.1, -0.05) is 340 Å². The molecule has 10 heterocycles. The largest absolute Gasteiger partial charge is 0.454 e. The van der Waals surface area contributed by atoms with Gasteiger partial charge in [0.05, 0.1) is 55.9 Å². The number of hydrogen-bond donors (Lipinski definition) is 0. The number of para-hydroxylation sites is 7. The lowest BCUT2D eigenvalue weighted by atomic mass is 9.99. The van der Waals surface area contributed by atoms with Crippen molar-refractivity contribution >= 4 is 131 Å². The quantitative estimate of drug-likeness (QED) is 0.120. The molecule has 25 aromatic rings. The number of nitrogens with zero attached hydrogens (tertiary/aromatic N) is 9. The third-order valence-corrected chi connectivity index (χ3v) is 23.1. The maximum absolute atomic E-state index is 6.41. The monoisotopic (exact) mass is 1570 g/mol. The highest BCUT2D eigenvalue weighted by atomic mass is 16.3. The zero-order valence-corrected chi connectivity index (χ0v) is 65.9. The van der Waals surface area contributed by atoms with E-state index in [0.717, 1.165) is 232 Å². The summed E-state index contributed by atoms with van der Waals surface area (Å²) in [6.45, 7) is 0. The van der Waals surface area contributed by atoms with Crippen LogP contribution in [-0.2, 0) is 0 Å². The van der Waals surface area contributed by atoms with E-state index in [1.54, 1.807) is 0 Å². The molecule has 0 spiro atoms. The van der Waals surface area contributed by atoms with Crippen LogP contribution in [-0.4, -0.2) is 44.9 Å². The van der Waals surface area contributed by atoms with Crippen molar-refractivity contribution in [2.75, 3.05) is 0 Å². The molecule has 12 nitrogen and oxygen atoms in total. The maximum atomic E-state index is 6.41. The van der Waals surface area contributed by atoms with Crippen LogP contribution in [0, 0.1) is 0 Å². The smallest absolute Gasteiger partial charge is 0.162 e. The molecule has 0 radical (unpaired) electrons. The molecule has 15 aromatic carbocycles. The first-order valence-electron chi connectivity index (χ1n) is 40.9. The average Bonchev–Trinajstić information content (AvgIpc) is 1.59. The van der Waals surface area contributed by atoms with E-state index in [2.05, 4.69) is 260 Å². The second-order valence-corrected chi connectivity index (χ2v) is 30.5. The van der Waals surface area contributed by atoms with Crippen molar-refractivity contribution < 1.29 is 13.3 Å². The van der Waals surface area contributed by atoms with Gasteiger partial charge >= 0.3 is 0 Å². The standard InChI is InChI=1S/C43H27N3O.C35H21N3O.C33H19N3O/c1-3-11-30(12-4-1)37-27-38(31-13-5-2-6-14-31)46-43(45-37)33-25-21-29(22-26-33)28-19-23-32(24-20-28)41-42-40(34-15-7-9-17-36(34)44-41)35-16-8-10-18-39(35)47-42;1-2-10-24(11-3-1)35-37-29-16-8-5-13-26(29)32(38-35)22-18-20-23(21-19-22)33-34-31(25-12-4-7-15-28(25)36-33)27-14-6-9-17-30(27)39-34;1-3-9-27-24(7-1)29-25-8-2-4-10-28(25)37-33(29)32(36-27)23-13-11-20(12-14-23)26-18-17-22-16-15-21-6-5-19-34-30(21)31(22)35-26/h1-27H;1-21H;1-19H. The summed E-state index contributed by atoms with van der Waals surface area (Å²) in [7, 11) is 0. The number of furan rings is 3. The minimum absolute atomic E-state index is 0.698. The Labute approximate surface area is 704 Å². The van der Waals surface area contributed by atoms with Gasteiger partial charge < -0.3 is 13.3 Å². The van der Waals surface area contributed by atoms with Crippen LogP contribution in [0.5, 0.6) is 0 Å². The van der Waals surface area contributed by atoms with E-state index in [-0.39, 0.29) is 0 Å². The van der Waals surface area contributed by atoms with Gasteiger partial charge in [-0.3, -0.25) is 4.98 Å². The third kappa shape index (κ3) is 13.0. The number of benzene rings is 15. The van der Waals surface area contributed by atoms with Gasteiger partial charge in [-0.05, 0) is 71.8 Å². The fourth-order valence-corrected chi connectivity index (χ4v) is 17.1. The Hall–Kier alpha value is -16.8. The molecule has 25 rings (SSSR count). The van der Waals surface area contributed by atoms with Crippen LogP contribution in [0.2, 0.25) is 0 Å². The highest BCUT2D eigenvalue weighted by Crippen LogP contribution is 2.45. The Morgan fingerprint density at radius 3 is 0.943 bits per heavy atom. The van der Waals surface area contributed by atoms with E-state index in [1.807, 2.05) is 152 Å². The van der Waals surface area contributed by atoms with E-state index >= 15 is 0 Å². The number of fused-ring (bicyclic) bond motifs is 19. The number of hydrogen-bond acceptors (Lipinski definition) is 12. The summed E-state index contributed by atoms with van der Waals surface area (Å²) in [5, 5.41) is 13.1. The molecule has 10 aromatic heterocycles. The van der Waals surface area contributed by atoms with E-state index in [0.29, 0.717) is 11.6 Å². The molecule has 0 aliphatic heterocycles. The lowest BCUT2D eigenvalue weighted by Gasteiger charge is -2.10. The Kier molecular flexibility index (Phi) is 17.6. The molecule has 12 heteroatoms. The predicted octanol–water partition coefficient (Wildman–Crippen LogP) is 28.9. The molecule has 0 atom stereocenters. The van der Waals surface area contributed by atoms with Gasteiger partial charge in [0.1, 0.15) is 33.8 Å². The molecule has 0 aliphatic rings. The van der Waals surface area contributed by atoms with E-state index in [9.17, 15) is 0 Å². The molecule has 0 aliphatic carbocycles. The number of pyridine rings is 5. The Morgan fingerprint density at radius 1 is 0.179 bits per heavy atom. The van der Waals surface area contributed by atoms with Gasteiger partial charge in [-0.2, -0.15) is 0 Å². The van der Waals surface area contributed by atoms with E-state index in [4.69, 9.17) is 53.1 Å².